The Morgan fingerprint density at radius 3 is 2.79 bits per heavy atom. The van der Waals surface area contributed by atoms with Crippen molar-refractivity contribution in [2.24, 2.45) is 4.99 Å². The van der Waals surface area contributed by atoms with Gasteiger partial charge in [-0.15, -0.1) is 0 Å². The van der Waals surface area contributed by atoms with Crippen LogP contribution in [0.4, 0.5) is 0 Å². The highest BCUT2D eigenvalue weighted by Crippen LogP contribution is 2.24. The number of ether oxygens (including phenoxy) is 2. The van der Waals surface area contributed by atoms with Crippen LogP contribution in [0.15, 0.2) is 29.3 Å². The Labute approximate surface area is 149 Å². The molecule has 0 aromatic heterocycles. The Bertz CT molecular complexity index is 531. The quantitative estimate of drug-likeness (QED) is 0.584. The second-order valence-electron chi connectivity index (χ2n) is 6.00. The monoisotopic (exact) mass is 353 g/mol. The average molecular weight is 354 g/mol. The number of guanidine groups is 1. The first-order chi connectivity index (χ1) is 11.7. The molecule has 134 valence electrons. The van der Waals surface area contributed by atoms with Crippen LogP contribution in [0.2, 0.25) is 5.02 Å². The molecular formula is C18H28ClN3O2. The van der Waals surface area contributed by atoms with Gasteiger partial charge in [-0.3, -0.25) is 4.99 Å². The summed E-state index contributed by atoms with van der Waals surface area (Å²) in [6.45, 7) is 5.81. The van der Waals surface area contributed by atoms with Crippen LogP contribution < -0.4 is 10.6 Å². The van der Waals surface area contributed by atoms with Crippen molar-refractivity contribution in [3.63, 3.8) is 0 Å². The summed E-state index contributed by atoms with van der Waals surface area (Å²) < 4.78 is 11.2. The number of rotatable bonds is 7. The fourth-order valence-corrected chi connectivity index (χ4v) is 2.97. The molecule has 2 N–H and O–H groups in total. The maximum absolute atomic E-state index is 6.02. The summed E-state index contributed by atoms with van der Waals surface area (Å²) in [6, 6.07) is 7.95. The topological polar surface area (TPSA) is 54.9 Å². The van der Waals surface area contributed by atoms with Crippen LogP contribution in [0, 0.1) is 0 Å². The molecule has 1 aliphatic heterocycles. The van der Waals surface area contributed by atoms with E-state index in [1.165, 1.54) is 5.56 Å². The van der Waals surface area contributed by atoms with Crippen molar-refractivity contribution in [3.8, 4) is 0 Å². The molecule has 0 bridgehead atoms. The van der Waals surface area contributed by atoms with E-state index in [9.17, 15) is 0 Å². The van der Waals surface area contributed by atoms with E-state index >= 15 is 0 Å². The predicted octanol–water partition coefficient (Wildman–Crippen LogP) is 2.63. The standard InChI is InChI=1S/C18H28ClN3O2/c1-3-20-17(21-10-7-15-5-4-6-16(19)13-15)22-14-18(23-2)8-11-24-12-9-18/h4-6,13H,3,7-12,14H2,1-2H3,(H2,20,21,22). The summed E-state index contributed by atoms with van der Waals surface area (Å²) in [5, 5.41) is 7.44. The number of benzene rings is 1. The SMILES string of the molecule is CCNC(=NCC1(OC)CCOCC1)NCCc1cccc(Cl)c1. The minimum absolute atomic E-state index is 0.201. The van der Waals surface area contributed by atoms with E-state index in [-0.39, 0.29) is 5.60 Å². The van der Waals surface area contributed by atoms with Crippen molar-refractivity contribution in [1.29, 1.82) is 0 Å². The smallest absolute Gasteiger partial charge is 0.191 e. The van der Waals surface area contributed by atoms with Crippen LogP contribution in [-0.2, 0) is 15.9 Å². The highest BCUT2D eigenvalue weighted by Gasteiger charge is 2.32. The van der Waals surface area contributed by atoms with Gasteiger partial charge >= 0.3 is 0 Å². The lowest BCUT2D eigenvalue weighted by Gasteiger charge is -2.34. The number of hydrogen-bond acceptors (Lipinski definition) is 3. The lowest BCUT2D eigenvalue weighted by molar-refractivity contribution is -0.0828. The molecule has 0 unspecified atom stereocenters. The first-order valence-electron chi connectivity index (χ1n) is 8.57. The van der Waals surface area contributed by atoms with Gasteiger partial charge in [0.15, 0.2) is 5.96 Å². The van der Waals surface area contributed by atoms with Crippen LogP contribution >= 0.6 is 11.6 Å². The van der Waals surface area contributed by atoms with Crippen molar-refractivity contribution in [3.05, 3.63) is 34.9 Å². The Balaban J connectivity index is 1.88. The molecule has 5 nitrogen and oxygen atoms in total. The average Bonchev–Trinajstić information content (AvgIpc) is 2.60. The third-order valence-electron chi connectivity index (χ3n) is 4.30. The van der Waals surface area contributed by atoms with Gasteiger partial charge in [0.25, 0.3) is 0 Å². The maximum atomic E-state index is 6.02. The Morgan fingerprint density at radius 2 is 2.12 bits per heavy atom. The van der Waals surface area contributed by atoms with E-state index in [1.54, 1.807) is 7.11 Å². The second kappa shape index (κ2) is 9.87. The summed E-state index contributed by atoms with van der Waals surface area (Å²) in [6.07, 6.45) is 2.66. The fraction of sp³-hybridized carbons (Fsp3) is 0.611. The minimum atomic E-state index is -0.201. The molecule has 0 aliphatic carbocycles. The molecule has 24 heavy (non-hydrogen) atoms. The van der Waals surface area contributed by atoms with E-state index in [0.29, 0.717) is 6.54 Å². The zero-order valence-electron chi connectivity index (χ0n) is 14.6. The molecule has 0 saturated carbocycles. The van der Waals surface area contributed by atoms with Crippen molar-refractivity contribution in [2.75, 3.05) is 40.0 Å². The largest absolute Gasteiger partial charge is 0.381 e. The summed E-state index contributed by atoms with van der Waals surface area (Å²) in [4.78, 5) is 4.72. The van der Waals surface area contributed by atoms with Crippen molar-refractivity contribution < 1.29 is 9.47 Å². The van der Waals surface area contributed by atoms with Crippen molar-refractivity contribution in [1.82, 2.24) is 10.6 Å². The minimum Gasteiger partial charge on any atom is -0.381 e. The number of nitrogens with zero attached hydrogens (tertiary/aromatic N) is 1. The van der Waals surface area contributed by atoms with Crippen LogP contribution in [0.3, 0.4) is 0 Å². The van der Waals surface area contributed by atoms with Gasteiger partial charge in [-0.2, -0.15) is 0 Å². The van der Waals surface area contributed by atoms with E-state index in [4.69, 9.17) is 26.1 Å². The van der Waals surface area contributed by atoms with Crippen LogP contribution in [0.5, 0.6) is 0 Å². The predicted molar refractivity (Wildman–Crippen MR) is 98.9 cm³/mol. The second-order valence-corrected chi connectivity index (χ2v) is 6.44. The number of hydrogen-bond donors (Lipinski definition) is 2. The summed E-state index contributed by atoms with van der Waals surface area (Å²) in [5.74, 6) is 0.822. The highest BCUT2D eigenvalue weighted by molar-refractivity contribution is 6.30. The van der Waals surface area contributed by atoms with Gasteiger partial charge < -0.3 is 20.1 Å². The molecule has 0 atom stereocenters. The molecule has 0 radical (unpaired) electrons. The molecule has 1 aliphatic rings. The van der Waals surface area contributed by atoms with Gasteiger partial charge in [0, 0.05) is 51.3 Å². The number of methoxy groups -OCH3 is 1. The molecule has 1 aromatic carbocycles. The van der Waals surface area contributed by atoms with E-state index < -0.39 is 0 Å². The first kappa shape index (κ1) is 19.0. The van der Waals surface area contributed by atoms with E-state index in [1.807, 2.05) is 18.2 Å². The molecule has 1 fully saturated rings. The molecule has 0 spiro atoms. The fourth-order valence-electron chi connectivity index (χ4n) is 2.75. The van der Waals surface area contributed by atoms with Gasteiger partial charge in [-0.05, 0) is 31.0 Å². The summed E-state index contributed by atoms with van der Waals surface area (Å²) in [5.41, 5.74) is 1.01. The Hall–Kier alpha value is -1.30. The molecule has 6 heteroatoms. The molecule has 2 rings (SSSR count). The summed E-state index contributed by atoms with van der Waals surface area (Å²) in [7, 11) is 1.76. The van der Waals surface area contributed by atoms with Gasteiger partial charge in [0.2, 0.25) is 0 Å². The normalized spacial score (nSPS) is 17.5. The van der Waals surface area contributed by atoms with Crippen LogP contribution in [0.25, 0.3) is 0 Å². The van der Waals surface area contributed by atoms with E-state index in [0.717, 1.165) is 56.5 Å². The first-order valence-corrected chi connectivity index (χ1v) is 8.95. The Kier molecular flexibility index (Phi) is 7.82. The van der Waals surface area contributed by atoms with Gasteiger partial charge in [0.1, 0.15) is 0 Å². The van der Waals surface area contributed by atoms with Crippen LogP contribution in [0.1, 0.15) is 25.3 Å². The lowest BCUT2D eigenvalue weighted by atomic mass is 9.94. The number of halogens is 1. The molecule has 1 saturated heterocycles. The van der Waals surface area contributed by atoms with Crippen molar-refractivity contribution in [2.45, 2.75) is 31.8 Å². The van der Waals surface area contributed by atoms with Crippen LogP contribution in [-0.4, -0.2) is 51.5 Å². The molecule has 0 amide bonds. The van der Waals surface area contributed by atoms with Gasteiger partial charge in [-0.1, -0.05) is 23.7 Å². The lowest BCUT2D eigenvalue weighted by Crippen LogP contribution is -2.44. The molecular weight excluding hydrogens is 326 g/mol. The van der Waals surface area contributed by atoms with Crippen molar-refractivity contribution >= 4 is 17.6 Å². The number of aliphatic imine (C=N–C) groups is 1. The Morgan fingerprint density at radius 1 is 1.33 bits per heavy atom. The van der Waals surface area contributed by atoms with Gasteiger partial charge in [0.05, 0.1) is 12.1 Å². The third kappa shape index (κ3) is 5.96. The maximum Gasteiger partial charge on any atom is 0.191 e. The molecule has 1 heterocycles. The highest BCUT2D eigenvalue weighted by atomic mass is 35.5. The number of nitrogens with one attached hydrogen (secondary N) is 2. The summed E-state index contributed by atoms with van der Waals surface area (Å²) >= 11 is 6.02. The third-order valence-corrected chi connectivity index (χ3v) is 4.54. The zero-order chi connectivity index (χ0) is 17.3. The molecule has 1 aromatic rings. The van der Waals surface area contributed by atoms with Gasteiger partial charge in [-0.25, -0.2) is 0 Å². The zero-order valence-corrected chi connectivity index (χ0v) is 15.4. The van der Waals surface area contributed by atoms with E-state index in [2.05, 4.69) is 23.6 Å².